The summed E-state index contributed by atoms with van der Waals surface area (Å²) in [7, 11) is 1.45. The van der Waals surface area contributed by atoms with Gasteiger partial charge in [-0.2, -0.15) is 0 Å². The van der Waals surface area contributed by atoms with Crippen molar-refractivity contribution in [2.45, 2.75) is 25.1 Å². The van der Waals surface area contributed by atoms with Gasteiger partial charge in [0.1, 0.15) is 5.75 Å². The summed E-state index contributed by atoms with van der Waals surface area (Å²) in [5, 5.41) is 4.11. The van der Waals surface area contributed by atoms with Crippen molar-refractivity contribution in [3.63, 3.8) is 0 Å². The van der Waals surface area contributed by atoms with Gasteiger partial charge in [0.15, 0.2) is 5.67 Å². The number of halogens is 1. The maximum Gasteiger partial charge on any atom is 0.258 e. The number of benzene rings is 1. The van der Waals surface area contributed by atoms with E-state index in [4.69, 9.17) is 15.2 Å². The highest BCUT2D eigenvalue weighted by atomic mass is 19.1. The number of ether oxygens (including phenoxy) is 2. The van der Waals surface area contributed by atoms with E-state index in [1.54, 1.807) is 31.3 Å². The maximum atomic E-state index is 14.4. The van der Waals surface area contributed by atoms with Crippen LogP contribution in [0.5, 0.6) is 11.6 Å². The first kappa shape index (κ1) is 17.5. The second-order valence-electron chi connectivity index (χ2n) is 7.05. The molecule has 2 amide bonds. The lowest BCUT2D eigenvalue weighted by Crippen LogP contribution is -2.35. The number of fused-ring (bicyclic) bond motifs is 2. The minimum absolute atomic E-state index is 0.233. The zero-order valence-corrected chi connectivity index (χ0v) is 15.0. The number of methoxy groups -OCH3 is 1. The van der Waals surface area contributed by atoms with Crippen molar-refractivity contribution in [3.05, 3.63) is 30.0 Å². The molecule has 4 rings (SSSR count). The second-order valence-corrected chi connectivity index (χ2v) is 7.05. The number of amides is 2. The summed E-state index contributed by atoms with van der Waals surface area (Å²) in [5.74, 6) is -0.919. The summed E-state index contributed by atoms with van der Waals surface area (Å²) < 4.78 is 25.4. The van der Waals surface area contributed by atoms with Crippen LogP contribution in [0.3, 0.4) is 0 Å². The molecule has 0 bridgehead atoms. The van der Waals surface area contributed by atoms with Gasteiger partial charge in [0, 0.05) is 35.9 Å². The molecule has 1 saturated heterocycles. The molecule has 2 aromatic rings. The van der Waals surface area contributed by atoms with Crippen LogP contribution in [0.25, 0.3) is 10.8 Å². The van der Waals surface area contributed by atoms with Gasteiger partial charge < -0.3 is 20.5 Å². The third kappa shape index (κ3) is 2.58. The van der Waals surface area contributed by atoms with E-state index in [9.17, 15) is 14.0 Å². The summed E-state index contributed by atoms with van der Waals surface area (Å²) in [4.78, 5) is 27.5. The third-order valence-electron chi connectivity index (χ3n) is 5.66. The smallest absolute Gasteiger partial charge is 0.258 e. The fraction of sp³-hybridized carbons (Fsp3) is 0.421. The van der Waals surface area contributed by atoms with Crippen LogP contribution < -0.4 is 20.5 Å². The molecule has 1 aromatic heterocycles. The number of hydrogen-bond acceptors (Lipinski definition) is 5. The number of nitrogens with one attached hydrogen (secondary N) is 1. The molecule has 8 heteroatoms. The molecular weight excluding hydrogens is 353 g/mol. The summed E-state index contributed by atoms with van der Waals surface area (Å²) in [6.07, 6.45) is 2.06. The van der Waals surface area contributed by atoms with Crippen LogP contribution >= 0.6 is 0 Å². The average molecular weight is 373 g/mol. The maximum absolute atomic E-state index is 14.4. The van der Waals surface area contributed by atoms with E-state index in [-0.39, 0.29) is 30.0 Å². The Bertz CT molecular complexity index is 950. The minimum atomic E-state index is -1.71. The average Bonchev–Trinajstić information content (AvgIpc) is 3.10. The Hall–Kier alpha value is -2.90. The van der Waals surface area contributed by atoms with Gasteiger partial charge in [-0.3, -0.25) is 9.59 Å². The molecule has 2 fully saturated rings. The standard InChI is InChI=1S/C19H20FN3O4/c1-9-15-13(23-18(25)19(9,15)20)4-6-27-17-11-8-14(26-2)12(16(21)24)7-10(11)3-5-22-17/h3,5,7-9,13,15H,4,6H2,1-2H3,(H2,21,24)(H,23,25)/t9-,13+,15+,19-/m0/s1. The van der Waals surface area contributed by atoms with Gasteiger partial charge in [0.2, 0.25) is 5.88 Å². The Kier molecular flexibility index (Phi) is 3.94. The Balaban J connectivity index is 1.51. The molecular formula is C19H20FN3O4. The molecule has 0 radical (unpaired) electrons. The van der Waals surface area contributed by atoms with Gasteiger partial charge in [-0.15, -0.1) is 0 Å². The van der Waals surface area contributed by atoms with Crippen LogP contribution in [0.4, 0.5) is 4.39 Å². The minimum Gasteiger partial charge on any atom is -0.496 e. The molecule has 1 saturated carbocycles. The monoisotopic (exact) mass is 373 g/mol. The zero-order chi connectivity index (χ0) is 19.3. The second kappa shape index (κ2) is 6.07. The zero-order valence-electron chi connectivity index (χ0n) is 15.0. The van der Waals surface area contributed by atoms with E-state index >= 15 is 0 Å². The quantitative estimate of drug-likeness (QED) is 0.800. The van der Waals surface area contributed by atoms with Gasteiger partial charge in [-0.1, -0.05) is 6.92 Å². The molecule has 2 aliphatic rings. The van der Waals surface area contributed by atoms with Crippen LogP contribution in [0.15, 0.2) is 24.4 Å². The van der Waals surface area contributed by atoms with Crippen molar-refractivity contribution in [1.82, 2.24) is 10.3 Å². The Morgan fingerprint density at radius 3 is 2.85 bits per heavy atom. The van der Waals surface area contributed by atoms with Crippen LogP contribution in [-0.4, -0.2) is 42.2 Å². The Morgan fingerprint density at radius 1 is 1.44 bits per heavy atom. The molecule has 1 aliphatic heterocycles. The van der Waals surface area contributed by atoms with Gasteiger partial charge in [-0.25, -0.2) is 9.37 Å². The molecule has 27 heavy (non-hydrogen) atoms. The SMILES string of the molecule is COc1cc2c(OCC[C@H]3NC(=O)[C@@]4(F)[C@@H]3[C@@H]4C)nccc2cc1C(N)=O. The number of primary amides is 1. The van der Waals surface area contributed by atoms with E-state index in [1.807, 2.05) is 0 Å². The molecule has 4 atom stereocenters. The molecule has 7 nitrogen and oxygen atoms in total. The molecule has 2 heterocycles. The normalized spacial score (nSPS) is 28.6. The predicted molar refractivity (Wildman–Crippen MR) is 95.3 cm³/mol. The lowest BCUT2D eigenvalue weighted by atomic mass is 10.1. The Morgan fingerprint density at radius 2 is 2.22 bits per heavy atom. The van der Waals surface area contributed by atoms with Crippen LogP contribution in [0.1, 0.15) is 23.7 Å². The number of hydrogen-bond donors (Lipinski definition) is 2. The topological polar surface area (TPSA) is 104 Å². The number of pyridine rings is 1. The first-order chi connectivity index (χ1) is 12.9. The number of carbonyl (C=O) groups is 2. The van der Waals surface area contributed by atoms with Crippen molar-refractivity contribution in [3.8, 4) is 11.6 Å². The van der Waals surface area contributed by atoms with Crippen molar-refractivity contribution >= 4 is 22.6 Å². The van der Waals surface area contributed by atoms with Gasteiger partial charge in [0.05, 0.1) is 19.3 Å². The lowest BCUT2D eigenvalue weighted by Gasteiger charge is -2.15. The van der Waals surface area contributed by atoms with E-state index in [2.05, 4.69) is 10.3 Å². The predicted octanol–water partition coefficient (Wildman–Crippen LogP) is 1.58. The molecule has 1 aliphatic carbocycles. The number of piperidine rings is 1. The molecule has 0 unspecified atom stereocenters. The van der Waals surface area contributed by atoms with Gasteiger partial charge in [-0.05, 0) is 23.6 Å². The van der Waals surface area contributed by atoms with Gasteiger partial charge in [0.25, 0.3) is 11.8 Å². The fourth-order valence-electron chi connectivity index (χ4n) is 4.11. The van der Waals surface area contributed by atoms with Crippen molar-refractivity contribution in [1.29, 1.82) is 0 Å². The number of nitrogens with zero attached hydrogens (tertiary/aromatic N) is 1. The number of aromatic nitrogens is 1. The first-order valence-corrected chi connectivity index (χ1v) is 8.77. The summed E-state index contributed by atoms with van der Waals surface area (Å²) >= 11 is 0. The first-order valence-electron chi connectivity index (χ1n) is 8.77. The van der Waals surface area contributed by atoms with Crippen molar-refractivity contribution in [2.24, 2.45) is 17.6 Å². The highest BCUT2D eigenvalue weighted by molar-refractivity contribution is 6.01. The van der Waals surface area contributed by atoms with Crippen LogP contribution in [0, 0.1) is 11.8 Å². The van der Waals surface area contributed by atoms with Crippen molar-refractivity contribution in [2.75, 3.05) is 13.7 Å². The van der Waals surface area contributed by atoms with E-state index in [1.165, 1.54) is 7.11 Å². The lowest BCUT2D eigenvalue weighted by molar-refractivity contribution is -0.126. The largest absolute Gasteiger partial charge is 0.496 e. The number of rotatable bonds is 6. The number of nitrogens with two attached hydrogens (primary N) is 1. The van der Waals surface area contributed by atoms with Crippen LogP contribution in [-0.2, 0) is 4.79 Å². The fourth-order valence-corrected chi connectivity index (χ4v) is 4.11. The van der Waals surface area contributed by atoms with E-state index in [0.29, 0.717) is 23.4 Å². The molecule has 142 valence electrons. The van der Waals surface area contributed by atoms with Gasteiger partial charge >= 0.3 is 0 Å². The molecule has 0 spiro atoms. The summed E-state index contributed by atoms with van der Waals surface area (Å²) in [5.41, 5.74) is 3.96. The molecule has 3 N–H and O–H groups in total. The summed E-state index contributed by atoms with van der Waals surface area (Å²) in [6, 6.07) is 4.80. The van der Waals surface area contributed by atoms with Crippen molar-refractivity contribution < 1.29 is 23.5 Å². The van der Waals surface area contributed by atoms with Crippen LogP contribution in [0.2, 0.25) is 0 Å². The summed E-state index contributed by atoms with van der Waals surface area (Å²) in [6.45, 7) is 2.03. The number of alkyl halides is 1. The van der Waals surface area contributed by atoms with E-state index < -0.39 is 17.5 Å². The third-order valence-corrected chi connectivity index (χ3v) is 5.66. The molecule has 1 aromatic carbocycles. The number of carbonyl (C=O) groups excluding carboxylic acids is 2. The highest BCUT2D eigenvalue weighted by Crippen LogP contribution is 2.59. The van der Waals surface area contributed by atoms with E-state index in [0.717, 1.165) is 5.39 Å². The Labute approximate surface area is 155 Å². The highest BCUT2D eigenvalue weighted by Gasteiger charge is 2.75.